The van der Waals surface area contributed by atoms with E-state index < -0.39 is 0 Å². The Bertz CT molecular complexity index is 222. The van der Waals surface area contributed by atoms with Crippen LogP contribution < -0.4 is 10.6 Å². The van der Waals surface area contributed by atoms with E-state index in [0.29, 0.717) is 18.4 Å². The van der Waals surface area contributed by atoms with Gasteiger partial charge in [0.2, 0.25) is 5.91 Å². The molecule has 0 bridgehead atoms. The molecule has 1 fully saturated rings. The number of hydrogen-bond acceptors (Lipinski definition) is 2. The second-order valence-corrected chi connectivity index (χ2v) is 5.84. The summed E-state index contributed by atoms with van der Waals surface area (Å²) in [5, 5.41) is 6.44. The summed E-state index contributed by atoms with van der Waals surface area (Å²) in [4.78, 5) is 11.7. The molecule has 17 heavy (non-hydrogen) atoms. The summed E-state index contributed by atoms with van der Waals surface area (Å²) >= 11 is 0. The van der Waals surface area contributed by atoms with Crippen molar-refractivity contribution in [3.05, 3.63) is 0 Å². The van der Waals surface area contributed by atoms with E-state index in [2.05, 4.69) is 31.4 Å². The standard InChI is InChI=1S/C14H28N2O/c1-11(2)4-5-12(3)16-14(17)7-6-13-8-9-15-10-13/h11-13,15H,4-10H2,1-3H3,(H,16,17). The van der Waals surface area contributed by atoms with Gasteiger partial charge in [-0.15, -0.1) is 0 Å². The SMILES string of the molecule is CC(C)CCC(C)NC(=O)CCC1CCNC1. The summed E-state index contributed by atoms with van der Waals surface area (Å²) in [6, 6.07) is 0.326. The lowest BCUT2D eigenvalue weighted by atomic mass is 10.0. The third-order valence-electron chi connectivity index (χ3n) is 3.53. The first-order chi connectivity index (χ1) is 8.08. The minimum atomic E-state index is 0.230. The van der Waals surface area contributed by atoms with E-state index in [1.54, 1.807) is 0 Å². The topological polar surface area (TPSA) is 41.1 Å². The molecular formula is C14H28N2O. The minimum absolute atomic E-state index is 0.230. The van der Waals surface area contributed by atoms with E-state index in [1.807, 2.05) is 0 Å². The van der Waals surface area contributed by atoms with Gasteiger partial charge in [-0.2, -0.15) is 0 Å². The molecule has 3 heteroatoms. The average molecular weight is 240 g/mol. The summed E-state index contributed by atoms with van der Waals surface area (Å²) in [6.07, 6.45) is 5.24. The number of amides is 1. The third kappa shape index (κ3) is 6.67. The number of hydrogen-bond donors (Lipinski definition) is 2. The lowest BCUT2D eigenvalue weighted by Gasteiger charge is -2.15. The van der Waals surface area contributed by atoms with Crippen molar-refractivity contribution in [1.82, 2.24) is 10.6 Å². The van der Waals surface area contributed by atoms with Crippen LogP contribution in [0.3, 0.4) is 0 Å². The molecule has 2 atom stereocenters. The molecule has 2 unspecified atom stereocenters. The van der Waals surface area contributed by atoms with Crippen LogP contribution in [0.1, 0.15) is 52.9 Å². The molecule has 1 aliphatic heterocycles. The highest BCUT2D eigenvalue weighted by Crippen LogP contribution is 2.14. The van der Waals surface area contributed by atoms with Gasteiger partial charge in [-0.1, -0.05) is 13.8 Å². The zero-order chi connectivity index (χ0) is 12.7. The second-order valence-electron chi connectivity index (χ2n) is 5.84. The monoisotopic (exact) mass is 240 g/mol. The molecule has 0 aromatic heterocycles. The molecule has 1 rings (SSSR count). The van der Waals surface area contributed by atoms with E-state index in [1.165, 1.54) is 12.8 Å². The van der Waals surface area contributed by atoms with Crippen LogP contribution in [0.25, 0.3) is 0 Å². The van der Waals surface area contributed by atoms with E-state index in [0.717, 1.165) is 31.8 Å². The van der Waals surface area contributed by atoms with Crippen LogP contribution in [0.2, 0.25) is 0 Å². The molecule has 1 amide bonds. The Morgan fingerprint density at radius 3 is 2.71 bits per heavy atom. The molecule has 100 valence electrons. The Morgan fingerprint density at radius 1 is 1.35 bits per heavy atom. The van der Waals surface area contributed by atoms with Crippen LogP contribution in [0, 0.1) is 11.8 Å². The molecule has 0 aromatic carbocycles. The predicted octanol–water partition coefficient (Wildman–Crippen LogP) is 2.32. The predicted molar refractivity (Wildman–Crippen MR) is 71.9 cm³/mol. The molecule has 1 heterocycles. The average Bonchev–Trinajstić information content (AvgIpc) is 2.76. The fourth-order valence-electron chi connectivity index (χ4n) is 2.30. The van der Waals surface area contributed by atoms with E-state index in [4.69, 9.17) is 0 Å². The van der Waals surface area contributed by atoms with Crippen LogP contribution >= 0.6 is 0 Å². The lowest BCUT2D eigenvalue weighted by molar-refractivity contribution is -0.122. The van der Waals surface area contributed by atoms with Gasteiger partial charge in [-0.05, 0) is 57.5 Å². The van der Waals surface area contributed by atoms with Crippen molar-refractivity contribution in [2.75, 3.05) is 13.1 Å². The van der Waals surface area contributed by atoms with Crippen molar-refractivity contribution in [3.8, 4) is 0 Å². The Morgan fingerprint density at radius 2 is 2.12 bits per heavy atom. The first-order valence-electron chi connectivity index (χ1n) is 7.08. The third-order valence-corrected chi connectivity index (χ3v) is 3.53. The van der Waals surface area contributed by atoms with Crippen LogP contribution in [-0.4, -0.2) is 25.0 Å². The largest absolute Gasteiger partial charge is 0.354 e. The second kappa shape index (κ2) is 7.70. The number of carbonyl (C=O) groups is 1. The van der Waals surface area contributed by atoms with Gasteiger partial charge in [0, 0.05) is 12.5 Å². The van der Waals surface area contributed by atoms with Gasteiger partial charge in [0.1, 0.15) is 0 Å². The van der Waals surface area contributed by atoms with Crippen molar-refractivity contribution in [2.45, 2.75) is 58.9 Å². The lowest BCUT2D eigenvalue weighted by Crippen LogP contribution is -2.32. The highest BCUT2D eigenvalue weighted by molar-refractivity contribution is 5.76. The molecule has 0 radical (unpaired) electrons. The van der Waals surface area contributed by atoms with Crippen molar-refractivity contribution < 1.29 is 4.79 Å². The molecule has 1 saturated heterocycles. The van der Waals surface area contributed by atoms with Crippen LogP contribution in [-0.2, 0) is 4.79 Å². The van der Waals surface area contributed by atoms with E-state index in [9.17, 15) is 4.79 Å². The van der Waals surface area contributed by atoms with Crippen molar-refractivity contribution in [3.63, 3.8) is 0 Å². The molecule has 0 saturated carbocycles. The van der Waals surface area contributed by atoms with Crippen LogP contribution in [0.15, 0.2) is 0 Å². The van der Waals surface area contributed by atoms with Crippen LogP contribution in [0.4, 0.5) is 0 Å². The van der Waals surface area contributed by atoms with Crippen molar-refractivity contribution in [2.24, 2.45) is 11.8 Å². The molecule has 0 aliphatic carbocycles. The van der Waals surface area contributed by atoms with Gasteiger partial charge < -0.3 is 10.6 Å². The first kappa shape index (κ1) is 14.5. The summed E-state index contributed by atoms with van der Waals surface area (Å²) in [5.74, 6) is 1.67. The fraction of sp³-hybridized carbons (Fsp3) is 0.929. The molecule has 1 aliphatic rings. The van der Waals surface area contributed by atoms with Crippen LogP contribution in [0.5, 0.6) is 0 Å². The maximum atomic E-state index is 11.7. The summed E-state index contributed by atoms with van der Waals surface area (Å²) < 4.78 is 0. The Hall–Kier alpha value is -0.570. The Labute approximate surface area is 106 Å². The maximum Gasteiger partial charge on any atom is 0.220 e. The number of carbonyl (C=O) groups excluding carboxylic acids is 1. The summed E-state index contributed by atoms with van der Waals surface area (Å²) in [7, 11) is 0. The molecule has 3 nitrogen and oxygen atoms in total. The quantitative estimate of drug-likeness (QED) is 0.717. The molecule has 2 N–H and O–H groups in total. The maximum absolute atomic E-state index is 11.7. The van der Waals surface area contributed by atoms with Gasteiger partial charge in [-0.25, -0.2) is 0 Å². The van der Waals surface area contributed by atoms with Gasteiger partial charge in [0.05, 0.1) is 0 Å². The number of nitrogens with one attached hydrogen (secondary N) is 2. The van der Waals surface area contributed by atoms with Gasteiger partial charge in [-0.3, -0.25) is 4.79 Å². The first-order valence-corrected chi connectivity index (χ1v) is 7.08. The minimum Gasteiger partial charge on any atom is -0.354 e. The van der Waals surface area contributed by atoms with Gasteiger partial charge in [0.25, 0.3) is 0 Å². The van der Waals surface area contributed by atoms with E-state index in [-0.39, 0.29) is 5.91 Å². The summed E-state index contributed by atoms with van der Waals surface area (Å²) in [6.45, 7) is 8.77. The molecular weight excluding hydrogens is 212 g/mol. The molecule has 0 spiro atoms. The Kier molecular flexibility index (Phi) is 6.56. The van der Waals surface area contributed by atoms with Gasteiger partial charge in [0.15, 0.2) is 0 Å². The highest BCUT2D eigenvalue weighted by atomic mass is 16.1. The zero-order valence-corrected chi connectivity index (χ0v) is 11.6. The fourth-order valence-corrected chi connectivity index (χ4v) is 2.30. The highest BCUT2D eigenvalue weighted by Gasteiger charge is 2.16. The smallest absolute Gasteiger partial charge is 0.220 e. The van der Waals surface area contributed by atoms with Crippen molar-refractivity contribution in [1.29, 1.82) is 0 Å². The summed E-state index contributed by atoms with van der Waals surface area (Å²) in [5.41, 5.74) is 0. The van der Waals surface area contributed by atoms with Gasteiger partial charge >= 0.3 is 0 Å². The van der Waals surface area contributed by atoms with Crippen molar-refractivity contribution >= 4 is 5.91 Å². The Balaban J connectivity index is 2.06. The zero-order valence-electron chi connectivity index (χ0n) is 11.6. The number of rotatable bonds is 7. The normalized spacial score (nSPS) is 21.8. The molecule has 0 aromatic rings. The van der Waals surface area contributed by atoms with E-state index >= 15 is 0 Å².